The highest BCUT2D eigenvalue weighted by Crippen LogP contribution is 2.19. The molecular weight excluding hydrogens is 266 g/mol. The van der Waals surface area contributed by atoms with Crippen molar-refractivity contribution in [1.82, 2.24) is 9.78 Å². The average molecular weight is 287 g/mol. The summed E-state index contributed by atoms with van der Waals surface area (Å²) in [5, 5.41) is 7.09. The second-order valence-electron chi connectivity index (χ2n) is 4.70. The maximum Gasteiger partial charge on any atom is 0.225 e. The minimum atomic E-state index is -3.12. The summed E-state index contributed by atoms with van der Waals surface area (Å²) in [6.07, 6.45) is 2.05. The van der Waals surface area contributed by atoms with Crippen molar-refractivity contribution >= 4 is 21.4 Å². The van der Waals surface area contributed by atoms with Crippen molar-refractivity contribution in [3.05, 3.63) is 11.4 Å². The van der Waals surface area contributed by atoms with Crippen LogP contribution in [0.15, 0.2) is 0 Å². The molecule has 0 fully saturated rings. The molecule has 0 saturated carbocycles. The second kappa shape index (κ2) is 6.18. The molecule has 0 aromatic carbocycles. The Morgan fingerprint density at radius 3 is 2.53 bits per heavy atom. The zero-order valence-corrected chi connectivity index (χ0v) is 12.7. The van der Waals surface area contributed by atoms with Gasteiger partial charge in [-0.3, -0.25) is 9.48 Å². The number of hydrogen-bond acceptors (Lipinski definition) is 4. The summed E-state index contributed by atoms with van der Waals surface area (Å²) in [7, 11) is -3.12. The third-order valence-corrected chi connectivity index (χ3v) is 3.73. The smallest absolute Gasteiger partial charge is 0.225 e. The molecule has 0 aliphatic heterocycles. The van der Waals surface area contributed by atoms with Crippen molar-refractivity contribution in [2.24, 2.45) is 0 Å². The Labute approximate surface area is 114 Å². The molecule has 0 atom stereocenters. The Morgan fingerprint density at radius 1 is 1.37 bits per heavy atom. The molecule has 0 aliphatic rings. The van der Waals surface area contributed by atoms with Crippen LogP contribution in [0, 0.1) is 13.8 Å². The van der Waals surface area contributed by atoms with Crippen molar-refractivity contribution in [3.63, 3.8) is 0 Å². The minimum Gasteiger partial charge on any atom is -0.323 e. The summed E-state index contributed by atoms with van der Waals surface area (Å²) < 4.78 is 23.9. The van der Waals surface area contributed by atoms with Crippen LogP contribution in [0.4, 0.5) is 5.69 Å². The Morgan fingerprint density at radius 2 is 2.00 bits per heavy atom. The lowest BCUT2D eigenvalue weighted by atomic mass is 10.3. The number of nitrogens with one attached hydrogen (secondary N) is 1. The van der Waals surface area contributed by atoms with E-state index in [0.29, 0.717) is 5.69 Å². The first kappa shape index (κ1) is 15.7. The number of rotatable bonds is 6. The Bertz CT molecular complexity index is 561. The highest BCUT2D eigenvalue weighted by Gasteiger charge is 2.15. The molecule has 0 bridgehead atoms. The lowest BCUT2D eigenvalue weighted by Gasteiger charge is -2.06. The zero-order valence-electron chi connectivity index (χ0n) is 11.9. The summed E-state index contributed by atoms with van der Waals surface area (Å²) in [5.41, 5.74) is 2.33. The summed E-state index contributed by atoms with van der Waals surface area (Å²) in [5.74, 6) is -0.437. The lowest BCUT2D eigenvalue weighted by Crippen LogP contribution is -2.17. The zero-order chi connectivity index (χ0) is 14.6. The summed E-state index contributed by atoms with van der Waals surface area (Å²) in [4.78, 5) is 11.7. The molecule has 108 valence electrons. The number of amides is 1. The molecule has 1 aromatic rings. The van der Waals surface area contributed by atoms with Gasteiger partial charge in [0.2, 0.25) is 5.91 Å². The van der Waals surface area contributed by atoms with E-state index in [-0.39, 0.29) is 18.1 Å². The molecular formula is C12H21N3O3S. The molecule has 0 aliphatic carbocycles. The predicted octanol–water partition coefficient (Wildman–Crippen LogP) is 1.28. The monoisotopic (exact) mass is 287 g/mol. The van der Waals surface area contributed by atoms with E-state index in [4.69, 9.17) is 0 Å². The van der Waals surface area contributed by atoms with E-state index in [1.807, 2.05) is 18.5 Å². The maximum atomic E-state index is 11.7. The third kappa shape index (κ3) is 4.66. The van der Waals surface area contributed by atoms with Crippen LogP contribution >= 0.6 is 0 Å². The number of sulfone groups is 1. The summed E-state index contributed by atoms with van der Waals surface area (Å²) in [6, 6.07) is 0. The van der Waals surface area contributed by atoms with E-state index < -0.39 is 9.84 Å². The van der Waals surface area contributed by atoms with Gasteiger partial charge in [-0.05, 0) is 20.3 Å². The van der Waals surface area contributed by atoms with Gasteiger partial charge >= 0.3 is 0 Å². The Hall–Kier alpha value is -1.37. The number of aromatic nitrogens is 2. The van der Waals surface area contributed by atoms with Crippen molar-refractivity contribution < 1.29 is 13.2 Å². The summed E-state index contributed by atoms with van der Waals surface area (Å²) >= 11 is 0. The first-order valence-electron chi connectivity index (χ1n) is 6.26. The number of carbonyl (C=O) groups excluding carboxylic acids is 1. The number of anilines is 1. The molecule has 1 amide bonds. The first-order valence-corrected chi connectivity index (χ1v) is 8.32. The van der Waals surface area contributed by atoms with Crippen LogP contribution < -0.4 is 5.32 Å². The second-order valence-corrected chi connectivity index (χ2v) is 6.96. The van der Waals surface area contributed by atoms with E-state index >= 15 is 0 Å². The minimum absolute atomic E-state index is 0.0311. The van der Waals surface area contributed by atoms with Crippen molar-refractivity contribution in [3.8, 4) is 0 Å². The van der Waals surface area contributed by atoms with Crippen LogP contribution in [0.5, 0.6) is 0 Å². The molecule has 6 nitrogen and oxygen atoms in total. The van der Waals surface area contributed by atoms with Crippen LogP contribution in [0.25, 0.3) is 0 Å². The summed E-state index contributed by atoms with van der Waals surface area (Å²) in [6.45, 7) is 6.57. The van der Waals surface area contributed by atoms with E-state index in [9.17, 15) is 13.2 Å². The first-order chi connectivity index (χ1) is 8.74. The fraction of sp³-hybridized carbons (Fsp3) is 0.667. The average Bonchev–Trinajstić information content (AvgIpc) is 2.54. The van der Waals surface area contributed by atoms with Gasteiger partial charge in [0.15, 0.2) is 0 Å². The fourth-order valence-electron chi connectivity index (χ4n) is 1.79. The van der Waals surface area contributed by atoms with Crippen LogP contribution in [0.1, 0.15) is 31.2 Å². The topological polar surface area (TPSA) is 81.1 Å². The van der Waals surface area contributed by atoms with Crippen LogP contribution in [-0.2, 0) is 21.2 Å². The molecule has 0 radical (unpaired) electrons. The highest BCUT2D eigenvalue weighted by atomic mass is 32.2. The van der Waals surface area contributed by atoms with E-state index in [0.717, 1.165) is 30.6 Å². The number of hydrogen-bond donors (Lipinski definition) is 1. The van der Waals surface area contributed by atoms with Crippen LogP contribution in [-0.4, -0.2) is 36.1 Å². The predicted molar refractivity (Wildman–Crippen MR) is 74.9 cm³/mol. The van der Waals surface area contributed by atoms with Crippen LogP contribution in [0.3, 0.4) is 0 Å². The number of aryl methyl sites for hydroxylation is 2. The molecule has 1 aromatic heterocycles. The normalized spacial score (nSPS) is 11.6. The quantitative estimate of drug-likeness (QED) is 0.854. The molecule has 1 heterocycles. The third-order valence-electron chi connectivity index (χ3n) is 2.78. The van der Waals surface area contributed by atoms with Gasteiger partial charge in [0.25, 0.3) is 0 Å². The molecule has 1 rings (SSSR count). The molecule has 0 unspecified atom stereocenters. The number of carbonyl (C=O) groups is 1. The van der Waals surface area contributed by atoms with Gasteiger partial charge < -0.3 is 5.32 Å². The van der Waals surface area contributed by atoms with E-state index in [1.54, 1.807) is 0 Å². The van der Waals surface area contributed by atoms with Crippen molar-refractivity contribution in [2.45, 2.75) is 40.2 Å². The standard InChI is InChI=1S/C12H21N3O3S/c1-5-7-15-10(3)12(9(2)14-15)13-11(16)6-8-19(4,17)18/h5-8H2,1-4H3,(H,13,16). The maximum absolute atomic E-state index is 11.7. The van der Waals surface area contributed by atoms with Gasteiger partial charge in [-0.25, -0.2) is 8.42 Å². The highest BCUT2D eigenvalue weighted by molar-refractivity contribution is 7.90. The molecule has 7 heteroatoms. The van der Waals surface area contributed by atoms with Crippen LogP contribution in [0.2, 0.25) is 0 Å². The van der Waals surface area contributed by atoms with Gasteiger partial charge in [0.1, 0.15) is 9.84 Å². The lowest BCUT2D eigenvalue weighted by molar-refractivity contribution is -0.115. The molecule has 1 N–H and O–H groups in total. The largest absolute Gasteiger partial charge is 0.323 e. The fourth-order valence-corrected chi connectivity index (χ4v) is 2.34. The Balaban J connectivity index is 2.74. The van der Waals surface area contributed by atoms with E-state index in [2.05, 4.69) is 17.3 Å². The Kier molecular flexibility index (Phi) is 5.11. The molecule has 0 spiro atoms. The van der Waals surface area contributed by atoms with Crippen molar-refractivity contribution in [2.75, 3.05) is 17.3 Å². The van der Waals surface area contributed by atoms with Gasteiger partial charge in [-0.15, -0.1) is 0 Å². The van der Waals surface area contributed by atoms with Gasteiger partial charge in [0, 0.05) is 19.2 Å². The SMILES string of the molecule is CCCn1nc(C)c(NC(=O)CCS(C)(=O)=O)c1C. The molecule has 19 heavy (non-hydrogen) atoms. The van der Waals surface area contributed by atoms with Gasteiger partial charge in [-0.2, -0.15) is 5.10 Å². The van der Waals surface area contributed by atoms with Crippen molar-refractivity contribution in [1.29, 1.82) is 0 Å². The van der Waals surface area contributed by atoms with Gasteiger partial charge in [-0.1, -0.05) is 6.92 Å². The van der Waals surface area contributed by atoms with E-state index in [1.165, 1.54) is 0 Å². The molecule has 0 saturated heterocycles. The van der Waals surface area contributed by atoms with Gasteiger partial charge in [0.05, 0.1) is 22.8 Å². The number of nitrogens with zero attached hydrogens (tertiary/aromatic N) is 2.